The molecule has 9 aromatic carbocycles. The summed E-state index contributed by atoms with van der Waals surface area (Å²) in [7, 11) is 6.11. The molecule has 15 rings (SSSR count). The van der Waals surface area contributed by atoms with Gasteiger partial charge in [-0.05, 0) is 117 Å². The minimum atomic E-state index is -1.29. The van der Waals surface area contributed by atoms with Crippen molar-refractivity contribution < 1.29 is 85.6 Å². The zero-order chi connectivity index (χ0) is 69.9. The Kier molecular flexibility index (Phi) is 18.3. The summed E-state index contributed by atoms with van der Waals surface area (Å²) in [4.78, 5) is 103. The van der Waals surface area contributed by atoms with Crippen LogP contribution < -0.4 is 37.9 Å². The first-order valence-corrected chi connectivity index (χ1v) is 34.6. The summed E-state index contributed by atoms with van der Waals surface area (Å²) in [5, 5.41) is 1.83. The van der Waals surface area contributed by atoms with Gasteiger partial charge in [-0.15, -0.1) is 0 Å². The van der Waals surface area contributed by atoms with E-state index in [-0.39, 0.29) is 155 Å². The molecule has 0 N–H and O–H groups in total. The molecule has 6 aliphatic rings. The van der Waals surface area contributed by atoms with Crippen LogP contribution in [0.4, 0.5) is 0 Å². The van der Waals surface area contributed by atoms with Gasteiger partial charge in [0.1, 0.15) is 81.1 Å². The van der Waals surface area contributed by atoms with Crippen molar-refractivity contribution >= 4 is 78.5 Å². The van der Waals surface area contributed by atoms with Gasteiger partial charge in [-0.1, -0.05) is 51.5 Å². The second-order valence-electron chi connectivity index (χ2n) is 26.9. The third-order valence-corrected chi connectivity index (χ3v) is 19.6. The molecule has 0 aromatic heterocycles. The van der Waals surface area contributed by atoms with Gasteiger partial charge in [0.25, 0.3) is 23.6 Å². The van der Waals surface area contributed by atoms with Crippen LogP contribution in [0.15, 0.2) is 121 Å². The molecule has 0 bridgehead atoms. The van der Waals surface area contributed by atoms with Crippen molar-refractivity contribution in [1.82, 2.24) is 19.6 Å². The summed E-state index contributed by atoms with van der Waals surface area (Å²) < 4.78 is 74.5. The Morgan fingerprint density at radius 3 is 0.931 bits per heavy atom. The summed E-state index contributed by atoms with van der Waals surface area (Å²) in [5.41, 5.74) is 0.0283. The third-order valence-electron chi connectivity index (χ3n) is 19.6. The molecule has 522 valence electrons. The van der Waals surface area contributed by atoms with Crippen LogP contribution in [-0.4, -0.2) is 173 Å². The van der Waals surface area contributed by atoms with E-state index in [1.807, 2.05) is 20.8 Å². The molecular formula is C79H78N4O18. The summed E-state index contributed by atoms with van der Waals surface area (Å²) in [6, 6.07) is 31.4. The first kappa shape index (κ1) is 66.6. The molecule has 4 saturated heterocycles. The lowest BCUT2D eigenvalue weighted by molar-refractivity contribution is -0.136. The van der Waals surface area contributed by atoms with E-state index in [1.165, 1.54) is 28.4 Å². The Balaban J connectivity index is 1.05. The summed E-state index contributed by atoms with van der Waals surface area (Å²) in [6.07, 6.45) is 2.87. The van der Waals surface area contributed by atoms with Crippen molar-refractivity contribution in [2.24, 2.45) is 5.92 Å². The highest BCUT2D eigenvalue weighted by Gasteiger charge is 2.48. The van der Waals surface area contributed by atoms with Crippen molar-refractivity contribution in [2.75, 3.05) is 81.0 Å². The predicted octanol–water partition coefficient (Wildman–Crippen LogP) is 13.5. The Labute approximate surface area is 582 Å². The third kappa shape index (κ3) is 13.2. The smallest absolute Gasteiger partial charge is 0.262 e. The molecule has 22 nitrogen and oxygen atoms in total. The number of carbonyl (C=O) groups excluding carboxylic acids is 6. The van der Waals surface area contributed by atoms with E-state index in [0.29, 0.717) is 108 Å². The lowest BCUT2D eigenvalue weighted by Crippen LogP contribution is -2.55. The van der Waals surface area contributed by atoms with Crippen LogP contribution >= 0.6 is 0 Å². The summed E-state index contributed by atoms with van der Waals surface area (Å²) >= 11 is 0. The molecule has 6 amide bonds. The number of amides is 6. The molecular weight excluding hydrogens is 1290 g/mol. The average Bonchev–Trinajstić information content (AvgIpc) is 1.39. The van der Waals surface area contributed by atoms with E-state index in [9.17, 15) is 0 Å². The number of fused-ring (bicyclic) bond motifs is 2. The molecule has 101 heavy (non-hydrogen) atoms. The Hall–Kier alpha value is -10.3. The molecule has 9 aromatic rings. The maximum absolute atomic E-state index is 16.5. The normalized spacial score (nSPS) is 18.5. The maximum atomic E-state index is 16.5. The highest BCUT2D eigenvalue weighted by Crippen LogP contribution is 2.58. The van der Waals surface area contributed by atoms with Gasteiger partial charge in [0.05, 0.1) is 102 Å². The highest BCUT2D eigenvalue weighted by atomic mass is 16.6. The Bertz CT molecular complexity index is 4510. The van der Waals surface area contributed by atoms with Crippen LogP contribution in [0.1, 0.15) is 107 Å². The fourth-order valence-corrected chi connectivity index (χ4v) is 14.2. The van der Waals surface area contributed by atoms with Crippen LogP contribution in [0, 0.1) is 5.92 Å². The van der Waals surface area contributed by atoms with Crippen molar-refractivity contribution in [1.29, 1.82) is 0 Å². The van der Waals surface area contributed by atoms with Crippen molar-refractivity contribution in [3.8, 4) is 69.0 Å². The molecule has 6 atom stereocenters. The first-order chi connectivity index (χ1) is 49.1. The van der Waals surface area contributed by atoms with E-state index in [4.69, 9.17) is 56.8 Å². The molecule has 4 fully saturated rings. The Morgan fingerprint density at radius 1 is 0.406 bits per heavy atom. The van der Waals surface area contributed by atoms with E-state index in [2.05, 4.69) is 0 Å². The Morgan fingerprint density at radius 2 is 0.673 bits per heavy atom. The standard InChI is InChI=1S/C79H78N4O18/c1-8-13-60(78(88)80(26-22-52-39-94-52)27-23-53-40-95-53)82-74(84)56-35-62(98-48-18-9-14-44(31-48)90-4)68-70-64(100-50-20-11-16-46(33-50)92-6)37-58-67-59(77(87)83(76(58)86)61(30-43(2)3)79(89)81(28-24-54-41-96-54)29-25-55-42-97-55)38-65(101-51-21-12-17-47(34-51)93-7)71(73(67)70)69-63(36-57(75(82)85)66(56)72(68)69)99-49-19-10-15-45(32-49)91-5/h9-12,14-21,31-38,43,52-55,60-61H,8,13,22-30,39-42H2,1-7H3. The van der Waals surface area contributed by atoms with Gasteiger partial charge in [0.15, 0.2) is 0 Å². The van der Waals surface area contributed by atoms with Gasteiger partial charge in [0.2, 0.25) is 11.8 Å². The van der Waals surface area contributed by atoms with Gasteiger partial charge in [-0.25, -0.2) is 0 Å². The van der Waals surface area contributed by atoms with Crippen molar-refractivity contribution in [3.05, 3.63) is 144 Å². The lowest BCUT2D eigenvalue weighted by atomic mass is 9.80. The number of hydrogen-bond donors (Lipinski definition) is 0. The van der Waals surface area contributed by atoms with E-state index in [1.54, 1.807) is 131 Å². The SMILES string of the molecule is CCCC(C(=O)N(CCC1CO1)CCC1CO1)N1C(=O)c2cc(Oc3cccc(OC)c3)c3c4c(Oc5cccc(OC)c5)cc5c6c(cc(Oc7cccc(OC)c7)c(c7c(Oc8cccc(OC)c8)cc(c2c37)C1=O)c64)C(=O)N(C(CC(C)C)C(=O)N(CCC1CO1)CCC1CO1)C5=O. The van der Waals surface area contributed by atoms with Crippen LogP contribution in [0.5, 0.6) is 69.0 Å². The molecule has 6 aliphatic heterocycles. The number of imide groups is 2. The molecule has 22 heteroatoms. The van der Waals surface area contributed by atoms with Gasteiger partial charge in [0, 0.05) is 93.5 Å². The van der Waals surface area contributed by atoms with Gasteiger partial charge in [-0.2, -0.15) is 0 Å². The lowest BCUT2D eigenvalue weighted by Gasteiger charge is -2.38. The van der Waals surface area contributed by atoms with Crippen molar-refractivity contribution in [3.63, 3.8) is 0 Å². The van der Waals surface area contributed by atoms with E-state index >= 15 is 28.8 Å². The number of nitrogens with zero attached hydrogens (tertiary/aromatic N) is 4. The number of methoxy groups -OCH3 is 4. The van der Waals surface area contributed by atoms with E-state index in [0.717, 1.165) is 9.80 Å². The van der Waals surface area contributed by atoms with E-state index < -0.39 is 47.5 Å². The van der Waals surface area contributed by atoms with Gasteiger partial charge in [-0.3, -0.25) is 38.6 Å². The largest absolute Gasteiger partial charge is 0.497 e. The molecule has 6 unspecified atom stereocenters. The molecule has 6 heterocycles. The number of rotatable bonds is 32. The maximum Gasteiger partial charge on any atom is 0.262 e. The zero-order valence-corrected chi connectivity index (χ0v) is 57.3. The summed E-state index contributed by atoms with van der Waals surface area (Å²) in [5.74, 6) is -1.07. The van der Waals surface area contributed by atoms with Crippen molar-refractivity contribution in [2.45, 2.75) is 102 Å². The number of ether oxygens (including phenoxy) is 12. The minimum Gasteiger partial charge on any atom is -0.497 e. The molecule has 0 spiro atoms. The van der Waals surface area contributed by atoms with Crippen LogP contribution in [0.25, 0.3) is 43.1 Å². The topological polar surface area (TPSA) is 239 Å². The molecule has 0 aliphatic carbocycles. The van der Waals surface area contributed by atoms with Crippen LogP contribution in [0.3, 0.4) is 0 Å². The number of benzene rings is 9. The number of hydrogen-bond acceptors (Lipinski definition) is 18. The fraction of sp³-hybridized carbons (Fsp3) is 0.367. The van der Waals surface area contributed by atoms with Gasteiger partial charge >= 0.3 is 0 Å². The number of carbonyl (C=O) groups is 6. The second kappa shape index (κ2) is 27.7. The van der Waals surface area contributed by atoms with Gasteiger partial charge < -0.3 is 66.6 Å². The highest BCUT2D eigenvalue weighted by molar-refractivity contribution is 6.45. The first-order valence-electron chi connectivity index (χ1n) is 34.6. The van der Waals surface area contributed by atoms with Crippen LogP contribution in [-0.2, 0) is 28.5 Å². The zero-order valence-electron chi connectivity index (χ0n) is 57.3. The van der Waals surface area contributed by atoms with Crippen LogP contribution in [0.2, 0.25) is 0 Å². The second-order valence-corrected chi connectivity index (χ2v) is 26.9. The molecule has 0 radical (unpaired) electrons. The predicted molar refractivity (Wildman–Crippen MR) is 373 cm³/mol. The minimum absolute atomic E-state index is 0.00635. The molecule has 0 saturated carbocycles. The monoisotopic (exact) mass is 1370 g/mol. The number of epoxide rings is 4. The quantitative estimate of drug-likeness (QED) is 0.0165. The average molecular weight is 1370 g/mol. The summed E-state index contributed by atoms with van der Waals surface area (Å²) in [6.45, 7) is 9.40. The fourth-order valence-electron chi connectivity index (χ4n) is 14.2.